The molecule has 2 aliphatic rings. The van der Waals surface area contributed by atoms with E-state index >= 15 is 0 Å². The van der Waals surface area contributed by atoms with E-state index in [0.717, 1.165) is 18.8 Å². The monoisotopic (exact) mass is 307 g/mol. The van der Waals surface area contributed by atoms with E-state index in [2.05, 4.69) is 10.2 Å². The van der Waals surface area contributed by atoms with Gasteiger partial charge in [0.25, 0.3) is 0 Å². The zero-order valence-corrected chi connectivity index (χ0v) is 11.7. The van der Waals surface area contributed by atoms with Gasteiger partial charge in [-0.05, 0) is 25.1 Å². The normalized spacial score (nSPS) is 21.4. The molecule has 0 spiro atoms. The lowest BCUT2D eigenvalue weighted by molar-refractivity contribution is -0.146. The highest BCUT2D eigenvalue weighted by atomic mass is 32.1. The average Bonchev–Trinajstić information content (AvgIpc) is 3.12. The number of hydrogen-bond donors (Lipinski definition) is 1. The highest BCUT2D eigenvalue weighted by molar-refractivity contribution is 7.71. The van der Waals surface area contributed by atoms with Gasteiger partial charge < -0.3 is 4.90 Å². The summed E-state index contributed by atoms with van der Waals surface area (Å²) in [6.07, 6.45) is -1.94. The molecule has 3 rings (SSSR count). The standard InChI is InChI=1S/C11H16F3N5S/c12-11(13,14)7-17-3-5-18(6-4-17)9-15-16-10(20)19(9)8-1-2-8/h8H,1-7H2,(H,16,20). The molecule has 0 aromatic carbocycles. The van der Waals surface area contributed by atoms with Gasteiger partial charge in [0, 0.05) is 32.2 Å². The molecule has 1 aromatic rings. The average molecular weight is 307 g/mol. The zero-order valence-electron chi connectivity index (χ0n) is 10.9. The Kier molecular flexibility index (Phi) is 3.49. The van der Waals surface area contributed by atoms with Crippen LogP contribution in [0, 0.1) is 4.77 Å². The molecule has 20 heavy (non-hydrogen) atoms. The first-order valence-electron chi connectivity index (χ1n) is 6.65. The molecule has 1 aromatic heterocycles. The van der Waals surface area contributed by atoms with Crippen LogP contribution in [0.1, 0.15) is 18.9 Å². The van der Waals surface area contributed by atoms with Crippen LogP contribution in [-0.2, 0) is 0 Å². The van der Waals surface area contributed by atoms with Crippen molar-refractivity contribution in [1.82, 2.24) is 19.7 Å². The number of aromatic amines is 1. The van der Waals surface area contributed by atoms with Crippen LogP contribution >= 0.6 is 12.2 Å². The van der Waals surface area contributed by atoms with Gasteiger partial charge in [-0.1, -0.05) is 0 Å². The fourth-order valence-corrected chi connectivity index (χ4v) is 2.82. The number of hydrogen-bond acceptors (Lipinski definition) is 4. The molecule has 0 unspecified atom stereocenters. The van der Waals surface area contributed by atoms with Crippen LogP contribution in [0.5, 0.6) is 0 Å². The smallest absolute Gasteiger partial charge is 0.338 e. The number of piperazine rings is 1. The van der Waals surface area contributed by atoms with Crippen molar-refractivity contribution in [2.24, 2.45) is 0 Å². The third kappa shape index (κ3) is 2.98. The first-order valence-corrected chi connectivity index (χ1v) is 7.06. The van der Waals surface area contributed by atoms with Gasteiger partial charge >= 0.3 is 6.18 Å². The maximum atomic E-state index is 12.4. The number of halogens is 3. The Morgan fingerprint density at radius 2 is 1.85 bits per heavy atom. The van der Waals surface area contributed by atoms with Crippen molar-refractivity contribution >= 4 is 18.2 Å². The van der Waals surface area contributed by atoms with Gasteiger partial charge in [0.15, 0.2) is 4.77 Å². The molecule has 1 saturated carbocycles. The van der Waals surface area contributed by atoms with Crippen molar-refractivity contribution in [1.29, 1.82) is 0 Å². The first-order chi connectivity index (χ1) is 9.44. The molecule has 112 valence electrons. The molecule has 5 nitrogen and oxygen atoms in total. The van der Waals surface area contributed by atoms with Gasteiger partial charge in [0.2, 0.25) is 5.95 Å². The van der Waals surface area contributed by atoms with Crippen molar-refractivity contribution in [3.63, 3.8) is 0 Å². The number of aromatic nitrogens is 3. The number of H-pyrrole nitrogens is 1. The van der Waals surface area contributed by atoms with E-state index < -0.39 is 12.7 Å². The lowest BCUT2D eigenvalue weighted by atomic mass is 10.3. The van der Waals surface area contributed by atoms with Gasteiger partial charge in [-0.3, -0.25) is 9.47 Å². The van der Waals surface area contributed by atoms with Gasteiger partial charge in [-0.2, -0.15) is 13.2 Å². The molecule has 0 radical (unpaired) electrons. The molecule has 0 bridgehead atoms. The topological polar surface area (TPSA) is 40.1 Å². The van der Waals surface area contributed by atoms with Crippen molar-refractivity contribution in [3.8, 4) is 0 Å². The molecule has 2 fully saturated rings. The van der Waals surface area contributed by atoms with E-state index in [9.17, 15) is 13.2 Å². The number of nitrogens with one attached hydrogen (secondary N) is 1. The maximum Gasteiger partial charge on any atom is 0.401 e. The minimum Gasteiger partial charge on any atom is -0.338 e. The summed E-state index contributed by atoms with van der Waals surface area (Å²) in [6, 6.07) is 0.407. The lowest BCUT2D eigenvalue weighted by Gasteiger charge is -2.35. The Bertz CT molecular complexity index is 525. The summed E-state index contributed by atoms with van der Waals surface area (Å²) in [7, 11) is 0. The SMILES string of the molecule is FC(F)(F)CN1CCN(c2n[nH]c(=S)n2C2CC2)CC1. The number of alkyl halides is 3. The summed E-state index contributed by atoms with van der Waals surface area (Å²) in [4.78, 5) is 3.44. The molecule has 1 N–H and O–H groups in total. The Hall–Kier alpha value is -1.09. The van der Waals surface area contributed by atoms with Crippen LogP contribution in [-0.4, -0.2) is 58.6 Å². The molecular formula is C11H16F3N5S. The van der Waals surface area contributed by atoms with Gasteiger partial charge in [-0.25, -0.2) is 5.10 Å². The van der Waals surface area contributed by atoms with E-state index in [1.54, 1.807) is 0 Å². The van der Waals surface area contributed by atoms with Crippen LogP contribution in [0.2, 0.25) is 0 Å². The van der Waals surface area contributed by atoms with Crippen LogP contribution in [0.15, 0.2) is 0 Å². The largest absolute Gasteiger partial charge is 0.401 e. The predicted octanol–water partition coefficient (Wildman–Crippen LogP) is 1.96. The van der Waals surface area contributed by atoms with Crippen LogP contribution in [0.3, 0.4) is 0 Å². The van der Waals surface area contributed by atoms with Crippen molar-refractivity contribution in [2.75, 3.05) is 37.6 Å². The Morgan fingerprint density at radius 1 is 1.20 bits per heavy atom. The second-order valence-corrected chi connectivity index (χ2v) is 5.70. The number of rotatable bonds is 3. The highest BCUT2D eigenvalue weighted by Crippen LogP contribution is 2.38. The van der Waals surface area contributed by atoms with Crippen LogP contribution in [0.4, 0.5) is 19.1 Å². The fraction of sp³-hybridized carbons (Fsp3) is 0.818. The molecule has 1 saturated heterocycles. The van der Waals surface area contributed by atoms with E-state index in [1.165, 1.54) is 4.90 Å². The summed E-state index contributed by atoms with van der Waals surface area (Å²) in [5.41, 5.74) is 0. The Labute approximate surface area is 119 Å². The molecule has 2 heterocycles. The van der Waals surface area contributed by atoms with Crippen LogP contribution < -0.4 is 4.90 Å². The molecule has 1 aliphatic carbocycles. The molecule has 9 heteroatoms. The van der Waals surface area contributed by atoms with E-state index in [0.29, 0.717) is 37.0 Å². The van der Waals surface area contributed by atoms with Crippen molar-refractivity contribution in [2.45, 2.75) is 25.1 Å². The van der Waals surface area contributed by atoms with Crippen LogP contribution in [0.25, 0.3) is 0 Å². The third-order valence-corrected chi connectivity index (χ3v) is 3.94. The molecule has 0 amide bonds. The van der Waals surface area contributed by atoms with Crippen molar-refractivity contribution in [3.05, 3.63) is 4.77 Å². The summed E-state index contributed by atoms with van der Waals surface area (Å²) in [5, 5.41) is 7.02. The van der Waals surface area contributed by atoms with Gasteiger partial charge in [0.1, 0.15) is 0 Å². The quantitative estimate of drug-likeness (QED) is 0.867. The third-order valence-electron chi connectivity index (χ3n) is 3.66. The van der Waals surface area contributed by atoms with Crippen molar-refractivity contribution < 1.29 is 13.2 Å². The lowest BCUT2D eigenvalue weighted by Crippen LogP contribution is -2.49. The number of anilines is 1. The Balaban J connectivity index is 1.65. The number of nitrogens with zero attached hydrogens (tertiary/aromatic N) is 4. The van der Waals surface area contributed by atoms with E-state index in [4.69, 9.17) is 12.2 Å². The Morgan fingerprint density at radius 3 is 2.40 bits per heavy atom. The van der Waals surface area contributed by atoms with E-state index in [-0.39, 0.29) is 0 Å². The summed E-state index contributed by atoms with van der Waals surface area (Å²) >= 11 is 5.21. The summed E-state index contributed by atoms with van der Waals surface area (Å²) in [6.45, 7) is 1.04. The predicted molar refractivity (Wildman–Crippen MR) is 70.4 cm³/mol. The maximum absolute atomic E-state index is 12.4. The highest BCUT2D eigenvalue weighted by Gasteiger charge is 2.34. The molecule has 1 aliphatic heterocycles. The first kappa shape index (κ1) is 13.9. The van der Waals surface area contributed by atoms with Gasteiger partial charge in [-0.15, -0.1) is 5.10 Å². The second kappa shape index (κ2) is 5.03. The van der Waals surface area contributed by atoms with E-state index in [1.807, 2.05) is 9.47 Å². The molecule has 0 atom stereocenters. The summed E-state index contributed by atoms with van der Waals surface area (Å²) in [5.74, 6) is 0.768. The van der Waals surface area contributed by atoms with Gasteiger partial charge in [0.05, 0.1) is 6.54 Å². The molecular weight excluding hydrogens is 291 g/mol. The zero-order chi connectivity index (χ0) is 14.3. The minimum atomic E-state index is -4.13. The second-order valence-electron chi connectivity index (χ2n) is 5.31. The fourth-order valence-electron chi connectivity index (χ4n) is 2.54. The summed E-state index contributed by atoms with van der Waals surface area (Å²) < 4.78 is 39.6. The minimum absolute atomic E-state index is 0.393.